The number of benzene rings is 3. The summed E-state index contributed by atoms with van der Waals surface area (Å²) in [5.41, 5.74) is 2.91. The van der Waals surface area contributed by atoms with Gasteiger partial charge in [0.25, 0.3) is 5.91 Å². The van der Waals surface area contributed by atoms with Gasteiger partial charge in [0.1, 0.15) is 0 Å². The fourth-order valence-electron chi connectivity index (χ4n) is 2.36. The van der Waals surface area contributed by atoms with Crippen LogP contribution in [0.2, 0.25) is 10.0 Å². The van der Waals surface area contributed by atoms with Crippen LogP contribution >= 0.6 is 35.0 Å². The van der Waals surface area contributed by atoms with E-state index in [-0.39, 0.29) is 5.91 Å². The van der Waals surface area contributed by atoms with E-state index in [0.717, 1.165) is 21.9 Å². The summed E-state index contributed by atoms with van der Waals surface area (Å²) in [6.07, 6.45) is 0. The number of nitrogens with zero attached hydrogens (tertiary/aromatic N) is 1. The molecule has 0 saturated heterocycles. The van der Waals surface area contributed by atoms with E-state index in [0.29, 0.717) is 21.2 Å². The summed E-state index contributed by atoms with van der Waals surface area (Å²) in [5.74, 6) is 0.478. The lowest BCUT2D eigenvalue weighted by atomic mass is 10.2. The molecular formula is C21H14Cl2N2OS. The van der Waals surface area contributed by atoms with Crippen LogP contribution in [0.15, 0.2) is 71.6 Å². The molecule has 6 heteroatoms. The molecule has 0 aromatic heterocycles. The zero-order valence-electron chi connectivity index (χ0n) is 14.1. The zero-order chi connectivity index (χ0) is 19.2. The Morgan fingerprint density at radius 1 is 1.00 bits per heavy atom. The summed E-state index contributed by atoms with van der Waals surface area (Å²) in [4.78, 5) is 13.5. The van der Waals surface area contributed by atoms with Gasteiger partial charge >= 0.3 is 0 Å². The molecule has 134 valence electrons. The Labute approximate surface area is 171 Å². The molecule has 0 bridgehead atoms. The van der Waals surface area contributed by atoms with Crippen molar-refractivity contribution >= 4 is 46.6 Å². The van der Waals surface area contributed by atoms with Crippen LogP contribution in [0.4, 0.5) is 5.69 Å². The minimum absolute atomic E-state index is 0.250. The molecule has 1 N–H and O–H groups in total. The monoisotopic (exact) mass is 412 g/mol. The number of hydrogen-bond acceptors (Lipinski definition) is 3. The number of nitrogens with one attached hydrogen (secondary N) is 1. The fraction of sp³-hybridized carbons (Fsp3) is 0.0476. The van der Waals surface area contributed by atoms with Gasteiger partial charge in [0.15, 0.2) is 0 Å². The number of hydrogen-bond donors (Lipinski definition) is 1. The lowest BCUT2D eigenvalue weighted by Gasteiger charge is -2.11. The number of amides is 1. The Hall–Kier alpha value is -2.45. The van der Waals surface area contributed by atoms with Gasteiger partial charge < -0.3 is 5.32 Å². The molecule has 0 saturated carbocycles. The molecule has 0 fully saturated rings. The lowest BCUT2D eigenvalue weighted by molar-refractivity contribution is 0.102. The number of para-hydroxylation sites is 1. The molecule has 0 radical (unpaired) electrons. The highest BCUT2D eigenvalue weighted by Crippen LogP contribution is 2.30. The van der Waals surface area contributed by atoms with E-state index >= 15 is 0 Å². The van der Waals surface area contributed by atoms with Gasteiger partial charge in [-0.15, -0.1) is 11.8 Å². The SMILES string of the molecule is N#Cc1ccc(CSc2ccccc2NC(=O)c2ccc(Cl)c(Cl)c2)cc1. The summed E-state index contributed by atoms with van der Waals surface area (Å²) < 4.78 is 0. The normalized spacial score (nSPS) is 10.3. The van der Waals surface area contributed by atoms with Crippen molar-refractivity contribution in [1.29, 1.82) is 5.26 Å². The third kappa shape index (κ3) is 5.05. The number of anilines is 1. The standard InChI is InChI=1S/C21H14Cl2N2OS/c22-17-10-9-16(11-18(17)23)21(26)25-19-3-1-2-4-20(19)27-13-15-7-5-14(12-24)6-8-15/h1-11H,13H2,(H,25,26). The number of nitriles is 1. The Morgan fingerprint density at radius 2 is 1.74 bits per heavy atom. The van der Waals surface area contributed by atoms with Crippen LogP contribution < -0.4 is 5.32 Å². The minimum atomic E-state index is -0.250. The molecule has 0 atom stereocenters. The summed E-state index contributed by atoms with van der Waals surface area (Å²) in [6, 6.07) is 22.0. The van der Waals surface area contributed by atoms with Crippen molar-refractivity contribution in [1.82, 2.24) is 0 Å². The minimum Gasteiger partial charge on any atom is -0.321 e. The Kier molecular flexibility index (Phi) is 6.41. The second-order valence-corrected chi connectivity index (χ2v) is 7.51. The molecule has 0 aliphatic rings. The molecule has 0 heterocycles. The van der Waals surface area contributed by atoms with Gasteiger partial charge in [-0.1, -0.05) is 47.5 Å². The Morgan fingerprint density at radius 3 is 2.44 bits per heavy atom. The quantitative estimate of drug-likeness (QED) is 0.492. The third-order valence-electron chi connectivity index (χ3n) is 3.79. The molecule has 3 nitrogen and oxygen atoms in total. The number of carbonyl (C=O) groups is 1. The van der Waals surface area contributed by atoms with Gasteiger partial charge in [0, 0.05) is 16.2 Å². The number of rotatable bonds is 5. The predicted molar refractivity (Wildman–Crippen MR) is 112 cm³/mol. The highest BCUT2D eigenvalue weighted by atomic mass is 35.5. The molecule has 27 heavy (non-hydrogen) atoms. The van der Waals surface area contributed by atoms with Crippen molar-refractivity contribution in [2.45, 2.75) is 10.6 Å². The predicted octanol–water partition coefficient (Wildman–Crippen LogP) is 6.41. The first-order chi connectivity index (χ1) is 13.1. The van der Waals surface area contributed by atoms with E-state index in [9.17, 15) is 4.79 Å². The maximum Gasteiger partial charge on any atom is 0.255 e. The fourth-order valence-corrected chi connectivity index (χ4v) is 3.63. The van der Waals surface area contributed by atoms with Gasteiger partial charge in [-0.2, -0.15) is 5.26 Å². The molecule has 3 aromatic rings. The molecule has 0 unspecified atom stereocenters. The second kappa shape index (κ2) is 8.96. The molecule has 1 amide bonds. The molecule has 3 rings (SSSR count). The second-order valence-electron chi connectivity index (χ2n) is 5.68. The van der Waals surface area contributed by atoms with Crippen LogP contribution in [0.25, 0.3) is 0 Å². The van der Waals surface area contributed by atoms with E-state index in [1.54, 1.807) is 42.1 Å². The van der Waals surface area contributed by atoms with Gasteiger partial charge in [0.05, 0.1) is 27.4 Å². The van der Waals surface area contributed by atoms with Gasteiger partial charge in [-0.05, 0) is 48.0 Å². The first-order valence-electron chi connectivity index (χ1n) is 8.04. The highest BCUT2D eigenvalue weighted by Gasteiger charge is 2.11. The van der Waals surface area contributed by atoms with Crippen LogP contribution in [-0.2, 0) is 5.75 Å². The molecule has 0 aliphatic heterocycles. The van der Waals surface area contributed by atoms with E-state index in [1.165, 1.54) is 0 Å². The van der Waals surface area contributed by atoms with Crippen LogP contribution in [0, 0.1) is 11.3 Å². The smallest absolute Gasteiger partial charge is 0.255 e. The summed E-state index contributed by atoms with van der Waals surface area (Å²) in [5, 5.41) is 12.5. The van der Waals surface area contributed by atoms with Crippen molar-refractivity contribution in [3.63, 3.8) is 0 Å². The molecule has 0 aliphatic carbocycles. The first kappa shape index (κ1) is 19.3. The molecule has 3 aromatic carbocycles. The van der Waals surface area contributed by atoms with E-state index in [1.807, 2.05) is 36.4 Å². The van der Waals surface area contributed by atoms with E-state index < -0.39 is 0 Å². The van der Waals surface area contributed by atoms with Crippen molar-refractivity contribution in [2.75, 3.05) is 5.32 Å². The van der Waals surface area contributed by atoms with Crippen LogP contribution in [0.5, 0.6) is 0 Å². The molecule has 0 spiro atoms. The molecular weight excluding hydrogens is 399 g/mol. The van der Waals surface area contributed by atoms with Crippen molar-refractivity contribution in [2.24, 2.45) is 0 Å². The average molecular weight is 413 g/mol. The largest absolute Gasteiger partial charge is 0.321 e. The van der Waals surface area contributed by atoms with Crippen LogP contribution in [-0.4, -0.2) is 5.91 Å². The van der Waals surface area contributed by atoms with Crippen molar-refractivity contribution in [3.05, 3.63) is 93.5 Å². The van der Waals surface area contributed by atoms with E-state index in [4.69, 9.17) is 28.5 Å². The van der Waals surface area contributed by atoms with E-state index in [2.05, 4.69) is 11.4 Å². The maximum atomic E-state index is 12.5. The Bertz CT molecular complexity index is 1010. The zero-order valence-corrected chi connectivity index (χ0v) is 16.4. The van der Waals surface area contributed by atoms with Crippen molar-refractivity contribution < 1.29 is 4.79 Å². The summed E-state index contributed by atoms with van der Waals surface area (Å²) in [6.45, 7) is 0. The first-order valence-corrected chi connectivity index (χ1v) is 9.78. The topological polar surface area (TPSA) is 52.9 Å². The lowest BCUT2D eigenvalue weighted by Crippen LogP contribution is -2.12. The van der Waals surface area contributed by atoms with Gasteiger partial charge in [-0.3, -0.25) is 4.79 Å². The average Bonchev–Trinajstić information content (AvgIpc) is 2.69. The summed E-state index contributed by atoms with van der Waals surface area (Å²) >= 11 is 13.5. The number of thioether (sulfide) groups is 1. The third-order valence-corrected chi connectivity index (χ3v) is 5.68. The number of halogens is 2. The van der Waals surface area contributed by atoms with Gasteiger partial charge in [0.2, 0.25) is 0 Å². The van der Waals surface area contributed by atoms with Crippen LogP contribution in [0.3, 0.4) is 0 Å². The number of carbonyl (C=O) groups excluding carboxylic acids is 1. The van der Waals surface area contributed by atoms with Gasteiger partial charge in [-0.25, -0.2) is 0 Å². The summed E-state index contributed by atoms with van der Waals surface area (Å²) in [7, 11) is 0. The highest BCUT2D eigenvalue weighted by molar-refractivity contribution is 7.98. The maximum absolute atomic E-state index is 12.5. The van der Waals surface area contributed by atoms with Crippen molar-refractivity contribution in [3.8, 4) is 6.07 Å². The van der Waals surface area contributed by atoms with Crippen LogP contribution in [0.1, 0.15) is 21.5 Å². The Balaban J connectivity index is 1.72.